The van der Waals surface area contributed by atoms with Crippen molar-refractivity contribution in [1.82, 2.24) is 15.1 Å². The Morgan fingerprint density at radius 1 is 1.26 bits per heavy atom. The van der Waals surface area contributed by atoms with Gasteiger partial charge in [0.05, 0.1) is 0 Å². The Morgan fingerprint density at radius 3 is 2.58 bits per heavy atom. The molecule has 1 aliphatic rings. The van der Waals surface area contributed by atoms with E-state index in [9.17, 15) is 0 Å². The number of benzene rings is 1. The molecule has 0 saturated carbocycles. The number of likely N-dealkylation sites (N-methyl/N-ethyl adjacent to an activating group) is 1. The van der Waals surface area contributed by atoms with Crippen LogP contribution in [0.2, 0.25) is 0 Å². The maximum absolute atomic E-state index is 3.76. The molecule has 1 atom stereocenters. The van der Waals surface area contributed by atoms with Crippen LogP contribution in [0.3, 0.4) is 0 Å². The lowest BCUT2D eigenvalue weighted by Gasteiger charge is -2.44. The highest BCUT2D eigenvalue weighted by Crippen LogP contribution is 2.17. The summed E-state index contributed by atoms with van der Waals surface area (Å²) in [5.74, 6) is 0. The number of hydrogen-bond donors (Lipinski definition) is 1. The van der Waals surface area contributed by atoms with Crippen molar-refractivity contribution in [3.63, 3.8) is 0 Å². The molecule has 0 bridgehead atoms. The second-order valence-corrected chi connectivity index (χ2v) is 6.64. The van der Waals surface area contributed by atoms with E-state index in [1.807, 2.05) is 0 Å². The molecule has 3 heteroatoms. The zero-order chi connectivity index (χ0) is 13.9. The van der Waals surface area contributed by atoms with E-state index in [0.717, 1.165) is 26.2 Å². The van der Waals surface area contributed by atoms with Gasteiger partial charge in [-0.25, -0.2) is 0 Å². The van der Waals surface area contributed by atoms with Crippen LogP contribution in [0.4, 0.5) is 0 Å². The van der Waals surface area contributed by atoms with Crippen molar-refractivity contribution in [2.75, 3.05) is 33.7 Å². The van der Waals surface area contributed by atoms with Crippen LogP contribution < -0.4 is 5.32 Å². The van der Waals surface area contributed by atoms with Crippen LogP contribution in [0.25, 0.3) is 0 Å². The molecule has 1 N–H and O–H groups in total. The van der Waals surface area contributed by atoms with Gasteiger partial charge in [0, 0.05) is 37.8 Å². The molecule has 1 fully saturated rings. The Kier molecular flexibility index (Phi) is 4.61. The lowest BCUT2D eigenvalue weighted by Crippen LogP contribution is -2.63. The van der Waals surface area contributed by atoms with Crippen LogP contribution in [0.15, 0.2) is 30.3 Å². The molecule has 1 unspecified atom stereocenters. The number of rotatable bonds is 4. The minimum absolute atomic E-state index is 0.188. The van der Waals surface area contributed by atoms with Gasteiger partial charge in [0.15, 0.2) is 0 Å². The third kappa shape index (κ3) is 4.60. The first-order valence-electron chi connectivity index (χ1n) is 7.13. The second kappa shape index (κ2) is 6.04. The first-order valence-corrected chi connectivity index (χ1v) is 7.13. The van der Waals surface area contributed by atoms with Crippen molar-refractivity contribution in [1.29, 1.82) is 0 Å². The summed E-state index contributed by atoms with van der Waals surface area (Å²) in [4.78, 5) is 4.83. The van der Waals surface area contributed by atoms with Crippen molar-refractivity contribution in [3.8, 4) is 0 Å². The van der Waals surface area contributed by atoms with E-state index in [1.165, 1.54) is 5.56 Å². The molecule has 3 nitrogen and oxygen atoms in total. The largest absolute Gasteiger partial charge is 0.308 e. The zero-order valence-electron chi connectivity index (χ0n) is 12.7. The Hall–Kier alpha value is -0.900. The first kappa shape index (κ1) is 14.5. The topological polar surface area (TPSA) is 18.5 Å². The predicted octanol–water partition coefficient (Wildman–Crippen LogP) is 1.80. The summed E-state index contributed by atoms with van der Waals surface area (Å²) in [6, 6.07) is 11.3. The molecule has 0 spiro atoms. The van der Waals surface area contributed by atoms with Gasteiger partial charge >= 0.3 is 0 Å². The fraction of sp³-hybridized carbons (Fsp3) is 0.625. The first-order chi connectivity index (χ1) is 8.94. The number of nitrogens with one attached hydrogen (secondary N) is 1. The lowest BCUT2D eigenvalue weighted by molar-refractivity contribution is 0.0989. The molecular weight excluding hydrogens is 234 g/mol. The van der Waals surface area contributed by atoms with E-state index in [1.54, 1.807) is 0 Å². The van der Waals surface area contributed by atoms with Gasteiger partial charge in [-0.1, -0.05) is 30.3 Å². The molecule has 0 amide bonds. The second-order valence-electron chi connectivity index (χ2n) is 6.64. The molecule has 1 aliphatic heterocycles. The maximum Gasteiger partial charge on any atom is 0.0327 e. The Balaban J connectivity index is 2.00. The van der Waals surface area contributed by atoms with E-state index < -0.39 is 0 Å². The van der Waals surface area contributed by atoms with Crippen LogP contribution >= 0.6 is 0 Å². The molecule has 0 aliphatic carbocycles. The van der Waals surface area contributed by atoms with Gasteiger partial charge in [0.1, 0.15) is 0 Å². The monoisotopic (exact) mass is 261 g/mol. The van der Waals surface area contributed by atoms with Crippen LogP contribution in [-0.4, -0.2) is 55.1 Å². The summed E-state index contributed by atoms with van der Waals surface area (Å²) in [6.45, 7) is 8.96. The van der Waals surface area contributed by atoms with Crippen LogP contribution in [0, 0.1) is 0 Å². The fourth-order valence-electron chi connectivity index (χ4n) is 3.09. The van der Waals surface area contributed by atoms with Crippen molar-refractivity contribution < 1.29 is 0 Å². The zero-order valence-corrected chi connectivity index (χ0v) is 12.7. The minimum Gasteiger partial charge on any atom is -0.308 e. The summed E-state index contributed by atoms with van der Waals surface area (Å²) in [7, 11) is 4.29. The van der Waals surface area contributed by atoms with E-state index in [0.29, 0.717) is 6.04 Å². The molecule has 2 rings (SSSR count). The summed E-state index contributed by atoms with van der Waals surface area (Å²) in [6.07, 6.45) is 0. The molecular formula is C16H27N3. The predicted molar refractivity (Wildman–Crippen MR) is 81.3 cm³/mol. The third-order valence-corrected chi connectivity index (χ3v) is 3.53. The number of hydrogen-bond acceptors (Lipinski definition) is 3. The van der Waals surface area contributed by atoms with Gasteiger partial charge in [-0.3, -0.25) is 4.90 Å². The molecule has 1 heterocycles. The Bertz CT molecular complexity index is 386. The van der Waals surface area contributed by atoms with Gasteiger partial charge in [0.25, 0.3) is 0 Å². The molecule has 19 heavy (non-hydrogen) atoms. The average Bonchev–Trinajstić information content (AvgIpc) is 2.26. The van der Waals surface area contributed by atoms with Gasteiger partial charge in [-0.2, -0.15) is 0 Å². The molecule has 1 saturated heterocycles. The van der Waals surface area contributed by atoms with E-state index in [4.69, 9.17) is 0 Å². The van der Waals surface area contributed by atoms with Gasteiger partial charge < -0.3 is 10.2 Å². The summed E-state index contributed by atoms with van der Waals surface area (Å²) in [5.41, 5.74) is 1.59. The highest BCUT2D eigenvalue weighted by atomic mass is 15.3. The highest BCUT2D eigenvalue weighted by Gasteiger charge is 2.31. The molecule has 1 aromatic carbocycles. The van der Waals surface area contributed by atoms with Crippen molar-refractivity contribution in [2.45, 2.75) is 32.0 Å². The average molecular weight is 261 g/mol. The van der Waals surface area contributed by atoms with Gasteiger partial charge in [-0.15, -0.1) is 0 Å². The van der Waals surface area contributed by atoms with Gasteiger partial charge in [-0.05, 0) is 33.5 Å². The lowest BCUT2D eigenvalue weighted by atomic mass is 9.97. The molecule has 0 aromatic heterocycles. The minimum atomic E-state index is 0.188. The summed E-state index contributed by atoms with van der Waals surface area (Å²) >= 11 is 0. The van der Waals surface area contributed by atoms with Crippen LogP contribution in [-0.2, 0) is 6.54 Å². The van der Waals surface area contributed by atoms with E-state index in [2.05, 4.69) is 73.4 Å². The molecule has 1 aromatic rings. The maximum atomic E-state index is 3.76. The fourth-order valence-corrected chi connectivity index (χ4v) is 3.09. The van der Waals surface area contributed by atoms with E-state index in [-0.39, 0.29) is 5.54 Å². The van der Waals surface area contributed by atoms with Gasteiger partial charge in [0.2, 0.25) is 0 Å². The Morgan fingerprint density at radius 2 is 1.95 bits per heavy atom. The smallest absolute Gasteiger partial charge is 0.0327 e. The van der Waals surface area contributed by atoms with E-state index >= 15 is 0 Å². The molecule has 0 radical (unpaired) electrons. The van der Waals surface area contributed by atoms with Crippen LogP contribution in [0.5, 0.6) is 0 Å². The Labute approximate surface area is 117 Å². The quantitative estimate of drug-likeness (QED) is 0.891. The summed E-state index contributed by atoms with van der Waals surface area (Å²) in [5, 5.41) is 3.76. The number of nitrogens with zero attached hydrogens (tertiary/aromatic N) is 2. The number of piperazine rings is 1. The van der Waals surface area contributed by atoms with Crippen LogP contribution in [0.1, 0.15) is 19.4 Å². The van der Waals surface area contributed by atoms with Crippen molar-refractivity contribution >= 4 is 0 Å². The molecule has 106 valence electrons. The standard InChI is InChI=1S/C16H27N3/c1-16(2)13-19(10-14-8-6-5-7-9-14)12-15(17-16)11-18(3)4/h5-9,15,17H,10-13H2,1-4H3. The SMILES string of the molecule is CN(C)CC1CN(Cc2ccccc2)CC(C)(C)N1. The van der Waals surface area contributed by atoms with Crippen molar-refractivity contribution in [2.24, 2.45) is 0 Å². The summed E-state index contributed by atoms with van der Waals surface area (Å²) < 4.78 is 0. The normalized spacial score (nSPS) is 23.7. The third-order valence-electron chi connectivity index (χ3n) is 3.53. The highest BCUT2D eigenvalue weighted by molar-refractivity contribution is 5.15. The van der Waals surface area contributed by atoms with Crippen molar-refractivity contribution in [3.05, 3.63) is 35.9 Å².